The molecule has 3 aromatic rings. The number of rotatable bonds is 4. The van der Waals surface area contributed by atoms with Crippen LogP contribution in [0.5, 0.6) is 0 Å². The number of thiophene rings is 1. The van der Waals surface area contributed by atoms with Gasteiger partial charge in [0.05, 0.1) is 17.8 Å². The highest BCUT2D eigenvalue weighted by atomic mass is 32.1. The second-order valence-corrected chi connectivity index (χ2v) is 10.5. The van der Waals surface area contributed by atoms with Crippen LogP contribution in [0.3, 0.4) is 0 Å². The lowest BCUT2D eigenvalue weighted by Crippen LogP contribution is -2.42. The van der Waals surface area contributed by atoms with Crippen molar-refractivity contribution in [3.05, 3.63) is 69.7 Å². The molecule has 0 saturated heterocycles. The summed E-state index contributed by atoms with van der Waals surface area (Å²) in [6.45, 7) is 12.9. The number of nitrogens with zero attached hydrogens (tertiary/aromatic N) is 2. The highest BCUT2D eigenvalue weighted by Crippen LogP contribution is 2.30. The molecule has 0 bridgehead atoms. The number of hydrogen-bond donors (Lipinski definition) is 2. The number of carbonyl (C=O) groups is 2. The second-order valence-electron chi connectivity index (χ2n) is 9.68. The Balaban J connectivity index is 1.73. The van der Waals surface area contributed by atoms with E-state index in [1.54, 1.807) is 12.1 Å². The zero-order chi connectivity index (χ0) is 22.8. The molecule has 3 rings (SSSR count). The largest absolute Gasteiger partial charge is 0.273 e. The van der Waals surface area contributed by atoms with Gasteiger partial charge in [0, 0.05) is 22.1 Å². The molecule has 164 valence electrons. The molecule has 0 saturated carbocycles. The maximum atomic E-state index is 12.4. The van der Waals surface area contributed by atoms with E-state index in [1.807, 2.05) is 33.6 Å². The number of benzene rings is 1. The first-order chi connectivity index (χ1) is 14.4. The highest BCUT2D eigenvalue weighted by molar-refractivity contribution is 7.08. The number of hydrazine groups is 1. The Morgan fingerprint density at radius 2 is 1.65 bits per heavy atom. The van der Waals surface area contributed by atoms with E-state index in [4.69, 9.17) is 5.10 Å². The second kappa shape index (κ2) is 8.67. The SMILES string of the molecule is CC(C)(C)c1cc(C(C)(C)C)n(-c2ccc(C(=O)NNC(=O)Cc3ccsc3)cc2)n1. The molecule has 2 heterocycles. The van der Waals surface area contributed by atoms with Crippen LogP contribution in [0.4, 0.5) is 0 Å². The molecule has 0 fully saturated rings. The van der Waals surface area contributed by atoms with E-state index in [9.17, 15) is 9.59 Å². The van der Waals surface area contributed by atoms with E-state index in [0.29, 0.717) is 5.56 Å². The summed E-state index contributed by atoms with van der Waals surface area (Å²) in [4.78, 5) is 24.4. The number of aromatic nitrogens is 2. The molecule has 1 aromatic carbocycles. The molecule has 0 spiro atoms. The van der Waals surface area contributed by atoms with E-state index in [2.05, 4.69) is 58.5 Å². The number of amides is 2. The third kappa shape index (κ3) is 5.61. The van der Waals surface area contributed by atoms with Gasteiger partial charge in [0.25, 0.3) is 5.91 Å². The van der Waals surface area contributed by atoms with Crippen LogP contribution >= 0.6 is 11.3 Å². The lowest BCUT2D eigenvalue weighted by atomic mass is 9.88. The fraction of sp³-hybridized carbons (Fsp3) is 0.375. The molecule has 0 unspecified atom stereocenters. The third-order valence-corrected chi connectivity index (χ3v) is 5.61. The summed E-state index contributed by atoms with van der Waals surface area (Å²) in [5.41, 5.74) is 9.18. The van der Waals surface area contributed by atoms with Gasteiger partial charge in [-0.3, -0.25) is 20.4 Å². The standard InChI is InChI=1S/C24H30N4O2S/c1-23(2,3)19-14-20(24(4,5)6)28(27-19)18-9-7-17(8-10-18)22(30)26-25-21(29)13-16-11-12-31-15-16/h7-12,14-15H,13H2,1-6H3,(H,25,29)(H,26,30). The smallest absolute Gasteiger partial charge is 0.269 e. The molecular weight excluding hydrogens is 408 g/mol. The van der Waals surface area contributed by atoms with Crippen molar-refractivity contribution < 1.29 is 9.59 Å². The van der Waals surface area contributed by atoms with Crippen molar-refractivity contribution in [1.29, 1.82) is 0 Å². The molecule has 0 aliphatic carbocycles. The zero-order valence-electron chi connectivity index (χ0n) is 18.9. The number of carbonyl (C=O) groups excluding carboxylic acids is 2. The summed E-state index contributed by atoms with van der Waals surface area (Å²) in [6, 6.07) is 11.3. The fourth-order valence-electron chi connectivity index (χ4n) is 3.05. The molecule has 0 aliphatic rings. The Kier molecular flexibility index (Phi) is 6.36. The maximum absolute atomic E-state index is 12.4. The molecule has 2 aromatic heterocycles. The van der Waals surface area contributed by atoms with Crippen LogP contribution in [-0.2, 0) is 22.0 Å². The topological polar surface area (TPSA) is 76.0 Å². The molecule has 7 heteroatoms. The van der Waals surface area contributed by atoms with Gasteiger partial charge in [-0.1, -0.05) is 41.5 Å². The summed E-state index contributed by atoms with van der Waals surface area (Å²) >= 11 is 1.53. The van der Waals surface area contributed by atoms with E-state index >= 15 is 0 Å². The zero-order valence-corrected chi connectivity index (χ0v) is 19.8. The molecule has 0 aliphatic heterocycles. The van der Waals surface area contributed by atoms with Crippen LogP contribution in [0.15, 0.2) is 47.2 Å². The highest BCUT2D eigenvalue weighted by Gasteiger charge is 2.26. The predicted octanol–water partition coefficient (Wildman–Crippen LogP) is 4.53. The summed E-state index contributed by atoms with van der Waals surface area (Å²) in [7, 11) is 0. The minimum Gasteiger partial charge on any atom is -0.273 e. The van der Waals surface area contributed by atoms with Crippen molar-refractivity contribution in [2.24, 2.45) is 0 Å². The van der Waals surface area contributed by atoms with Gasteiger partial charge in [-0.15, -0.1) is 0 Å². The van der Waals surface area contributed by atoms with Crippen molar-refractivity contribution in [3.8, 4) is 5.69 Å². The molecule has 0 radical (unpaired) electrons. The van der Waals surface area contributed by atoms with Gasteiger partial charge in [0.1, 0.15) is 0 Å². The van der Waals surface area contributed by atoms with Crippen LogP contribution in [0.25, 0.3) is 5.69 Å². The van der Waals surface area contributed by atoms with Gasteiger partial charge in [0.2, 0.25) is 5.91 Å². The van der Waals surface area contributed by atoms with Gasteiger partial charge in [-0.2, -0.15) is 16.4 Å². The van der Waals surface area contributed by atoms with Crippen molar-refractivity contribution in [1.82, 2.24) is 20.6 Å². The molecule has 0 atom stereocenters. The first-order valence-corrected chi connectivity index (χ1v) is 11.2. The van der Waals surface area contributed by atoms with Gasteiger partial charge in [-0.05, 0) is 52.7 Å². The van der Waals surface area contributed by atoms with Crippen molar-refractivity contribution in [2.45, 2.75) is 58.8 Å². The normalized spacial score (nSPS) is 11.9. The molecule has 2 N–H and O–H groups in total. The van der Waals surface area contributed by atoms with E-state index < -0.39 is 0 Å². The van der Waals surface area contributed by atoms with Gasteiger partial charge >= 0.3 is 0 Å². The van der Waals surface area contributed by atoms with E-state index in [-0.39, 0.29) is 29.1 Å². The first-order valence-electron chi connectivity index (χ1n) is 10.3. The summed E-state index contributed by atoms with van der Waals surface area (Å²) in [5, 5.41) is 8.67. The average Bonchev–Trinajstić information content (AvgIpc) is 3.35. The summed E-state index contributed by atoms with van der Waals surface area (Å²) < 4.78 is 1.95. The Morgan fingerprint density at radius 3 is 2.19 bits per heavy atom. The number of hydrogen-bond acceptors (Lipinski definition) is 4. The van der Waals surface area contributed by atoms with Crippen LogP contribution in [0, 0.1) is 0 Å². The Labute approximate surface area is 187 Å². The molecule has 31 heavy (non-hydrogen) atoms. The van der Waals surface area contributed by atoms with E-state index in [0.717, 1.165) is 22.6 Å². The van der Waals surface area contributed by atoms with Crippen LogP contribution in [0.2, 0.25) is 0 Å². The molecule has 2 amide bonds. The predicted molar refractivity (Wildman–Crippen MR) is 125 cm³/mol. The lowest BCUT2D eigenvalue weighted by Gasteiger charge is -2.20. The Hall–Kier alpha value is -2.93. The van der Waals surface area contributed by atoms with Crippen molar-refractivity contribution in [3.63, 3.8) is 0 Å². The number of nitrogens with one attached hydrogen (secondary N) is 2. The summed E-state index contributed by atoms with van der Waals surface area (Å²) in [6.07, 6.45) is 0.230. The Bertz CT molecular complexity index is 1050. The lowest BCUT2D eigenvalue weighted by molar-refractivity contribution is -0.121. The van der Waals surface area contributed by atoms with E-state index in [1.165, 1.54) is 11.3 Å². The van der Waals surface area contributed by atoms with Crippen LogP contribution < -0.4 is 10.9 Å². The summed E-state index contributed by atoms with van der Waals surface area (Å²) in [5.74, 6) is -0.624. The third-order valence-electron chi connectivity index (χ3n) is 4.88. The average molecular weight is 439 g/mol. The molecular formula is C24H30N4O2S. The Morgan fingerprint density at radius 1 is 0.968 bits per heavy atom. The van der Waals surface area contributed by atoms with Crippen molar-refractivity contribution in [2.75, 3.05) is 0 Å². The van der Waals surface area contributed by atoms with Crippen LogP contribution in [-0.4, -0.2) is 21.6 Å². The van der Waals surface area contributed by atoms with Gasteiger partial charge in [0.15, 0.2) is 0 Å². The minimum absolute atomic E-state index is 0.0632. The van der Waals surface area contributed by atoms with Gasteiger partial charge < -0.3 is 0 Å². The molecule has 6 nitrogen and oxygen atoms in total. The first kappa shape index (κ1) is 22.7. The minimum atomic E-state index is -0.364. The fourth-order valence-corrected chi connectivity index (χ4v) is 3.72. The van der Waals surface area contributed by atoms with Crippen molar-refractivity contribution >= 4 is 23.2 Å². The van der Waals surface area contributed by atoms with Crippen LogP contribution in [0.1, 0.15) is 68.9 Å². The monoisotopic (exact) mass is 438 g/mol. The maximum Gasteiger partial charge on any atom is 0.269 e. The quantitative estimate of drug-likeness (QED) is 0.588. The van der Waals surface area contributed by atoms with Gasteiger partial charge in [-0.25, -0.2) is 4.68 Å².